The Labute approximate surface area is 93.6 Å². The maximum absolute atomic E-state index is 9.91. The van der Waals surface area contributed by atoms with Crippen LogP contribution in [0, 0.1) is 0 Å². The van der Waals surface area contributed by atoms with Crippen LogP contribution in [-0.2, 0) is 0 Å². The Kier molecular flexibility index (Phi) is 4.36. The second kappa shape index (κ2) is 5.32. The Morgan fingerprint density at radius 3 is 2.71 bits per heavy atom. The summed E-state index contributed by atoms with van der Waals surface area (Å²) < 4.78 is 0.955. The molecule has 76 valence electrons. The van der Waals surface area contributed by atoms with Gasteiger partial charge in [-0.2, -0.15) is 0 Å². The average Bonchev–Trinajstić information content (AvgIpc) is 2.18. The Morgan fingerprint density at radius 1 is 1.50 bits per heavy atom. The van der Waals surface area contributed by atoms with Gasteiger partial charge >= 0.3 is 0 Å². The first-order valence-corrected chi connectivity index (χ1v) is 5.53. The van der Waals surface area contributed by atoms with Gasteiger partial charge in [0.1, 0.15) is 0 Å². The topological polar surface area (TPSA) is 20.2 Å². The third-order valence-corrected chi connectivity index (χ3v) is 2.97. The van der Waals surface area contributed by atoms with E-state index < -0.39 is 6.10 Å². The Hall–Kier alpha value is -0.600. The summed E-state index contributed by atoms with van der Waals surface area (Å²) in [6.07, 6.45) is 1.11. The van der Waals surface area contributed by atoms with Gasteiger partial charge in [0.05, 0.1) is 6.10 Å². The van der Waals surface area contributed by atoms with Crippen LogP contribution in [0.25, 0.3) is 0 Å². The number of aliphatic hydroxyl groups excluding tert-OH is 1. The number of hydrogen-bond donors (Lipinski definition) is 1. The maximum atomic E-state index is 9.91. The average molecular weight is 255 g/mol. The molecule has 0 aliphatic rings. The van der Waals surface area contributed by atoms with E-state index in [0.717, 1.165) is 22.0 Å². The third-order valence-electron chi connectivity index (χ3n) is 2.25. The van der Waals surface area contributed by atoms with Crippen LogP contribution < -0.4 is 0 Å². The second-order valence-electron chi connectivity index (χ2n) is 3.34. The van der Waals surface area contributed by atoms with Gasteiger partial charge in [0.2, 0.25) is 0 Å². The predicted molar refractivity (Wildman–Crippen MR) is 63.1 cm³/mol. The summed E-state index contributed by atoms with van der Waals surface area (Å²) >= 11 is 3.42. The van der Waals surface area contributed by atoms with Crippen molar-refractivity contribution in [1.29, 1.82) is 0 Å². The summed E-state index contributed by atoms with van der Waals surface area (Å²) in [6.45, 7) is 5.94. The van der Waals surface area contributed by atoms with Crippen molar-refractivity contribution in [3.8, 4) is 0 Å². The van der Waals surface area contributed by atoms with E-state index >= 15 is 0 Å². The fourth-order valence-corrected chi connectivity index (χ4v) is 1.82. The molecule has 1 N–H and O–H groups in total. The Morgan fingerprint density at radius 2 is 2.14 bits per heavy atom. The molecule has 2 heteroatoms. The monoisotopic (exact) mass is 254 g/mol. The minimum Gasteiger partial charge on any atom is -0.388 e. The smallest absolute Gasteiger partial charge is 0.0837 e. The Bertz CT molecular complexity index is 320. The largest absolute Gasteiger partial charge is 0.388 e. The molecule has 0 spiro atoms. The van der Waals surface area contributed by atoms with Gasteiger partial charge in [-0.15, -0.1) is 0 Å². The molecule has 0 heterocycles. The van der Waals surface area contributed by atoms with Crippen molar-refractivity contribution in [3.05, 3.63) is 46.5 Å². The molecule has 1 atom stereocenters. The zero-order valence-corrected chi connectivity index (χ0v) is 9.92. The highest BCUT2D eigenvalue weighted by molar-refractivity contribution is 9.10. The standard InChI is InChI=1S/C12H15BrO/c1-3-9(2)8-12(14)10-6-4-5-7-11(10)13/h4-7,12,14H,2-3,8H2,1H3. The van der Waals surface area contributed by atoms with Gasteiger partial charge in [-0.3, -0.25) is 0 Å². The fraction of sp³-hybridized carbons (Fsp3) is 0.333. The molecular formula is C12H15BrO. The molecule has 0 aliphatic heterocycles. The van der Waals surface area contributed by atoms with Crippen molar-refractivity contribution < 1.29 is 5.11 Å². The lowest BCUT2D eigenvalue weighted by atomic mass is 10.0. The predicted octanol–water partition coefficient (Wildman–Crippen LogP) is 3.84. The minimum absolute atomic E-state index is 0.446. The Balaban J connectivity index is 2.74. The number of rotatable bonds is 4. The first-order valence-electron chi connectivity index (χ1n) is 4.74. The summed E-state index contributed by atoms with van der Waals surface area (Å²) in [5.41, 5.74) is 2.01. The molecule has 1 aromatic rings. The van der Waals surface area contributed by atoms with E-state index in [4.69, 9.17) is 0 Å². The minimum atomic E-state index is -0.446. The second-order valence-corrected chi connectivity index (χ2v) is 4.20. The van der Waals surface area contributed by atoms with E-state index in [9.17, 15) is 5.11 Å². The molecule has 0 radical (unpaired) electrons. The van der Waals surface area contributed by atoms with Crippen LogP contribution in [0.1, 0.15) is 31.4 Å². The van der Waals surface area contributed by atoms with Gasteiger partial charge in [0.15, 0.2) is 0 Å². The molecule has 0 saturated heterocycles. The lowest BCUT2D eigenvalue weighted by Gasteiger charge is -2.13. The molecule has 1 aromatic carbocycles. The van der Waals surface area contributed by atoms with Gasteiger partial charge in [-0.1, -0.05) is 53.2 Å². The van der Waals surface area contributed by atoms with Crippen LogP contribution >= 0.6 is 15.9 Å². The number of halogens is 1. The summed E-state index contributed by atoms with van der Waals surface area (Å²) in [6, 6.07) is 7.73. The van der Waals surface area contributed by atoms with Crippen molar-refractivity contribution in [2.24, 2.45) is 0 Å². The summed E-state index contributed by atoms with van der Waals surface area (Å²) in [5.74, 6) is 0. The van der Waals surface area contributed by atoms with E-state index in [2.05, 4.69) is 29.4 Å². The van der Waals surface area contributed by atoms with E-state index in [0.29, 0.717) is 6.42 Å². The fourth-order valence-electron chi connectivity index (χ4n) is 1.27. The normalized spacial score (nSPS) is 12.5. The van der Waals surface area contributed by atoms with Crippen LogP contribution in [0.15, 0.2) is 40.9 Å². The quantitative estimate of drug-likeness (QED) is 0.810. The number of hydrogen-bond acceptors (Lipinski definition) is 1. The summed E-state index contributed by atoms with van der Waals surface area (Å²) in [5, 5.41) is 9.91. The van der Waals surface area contributed by atoms with Crippen molar-refractivity contribution >= 4 is 15.9 Å². The van der Waals surface area contributed by atoms with Crippen LogP contribution in [0.4, 0.5) is 0 Å². The van der Waals surface area contributed by atoms with E-state index in [1.54, 1.807) is 0 Å². The van der Waals surface area contributed by atoms with Crippen molar-refractivity contribution in [2.75, 3.05) is 0 Å². The molecule has 0 fully saturated rings. The number of benzene rings is 1. The van der Waals surface area contributed by atoms with Crippen LogP contribution in [-0.4, -0.2) is 5.11 Å². The molecule has 1 unspecified atom stereocenters. The third kappa shape index (κ3) is 2.96. The van der Waals surface area contributed by atoms with Gasteiger partial charge in [-0.05, 0) is 24.5 Å². The van der Waals surface area contributed by atoms with E-state index in [1.807, 2.05) is 24.3 Å². The van der Waals surface area contributed by atoms with Crippen molar-refractivity contribution in [3.63, 3.8) is 0 Å². The molecule has 1 nitrogen and oxygen atoms in total. The summed E-state index contributed by atoms with van der Waals surface area (Å²) in [4.78, 5) is 0. The van der Waals surface area contributed by atoms with Crippen LogP contribution in [0.3, 0.4) is 0 Å². The van der Waals surface area contributed by atoms with E-state index in [-0.39, 0.29) is 0 Å². The van der Waals surface area contributed by atoms with Crippen LogP contribution in [0.2, 0.25) is 0 Å². The number of aliphatic hydroxyl groups is 1. The molecule has 1 rings (SSSR count). The first-order chi connectivity index (χ1) is 6.65. The maximum Gasteiger partial charge on any atom is 0.0837 e. The zero-order valence-electron chi connectivity index (χ0n) is 8.33. The van der Waals surface area contributed by atoms with Crippen molar-refractivity contribution in [2.45, 2.75) is 25.9 Å². The highest BCUT2D eigenvalue weighted by atomic mass is 79.9. The molecule has 0 aliphatic carbocycles. The van der Waals surface area contributed by atoms with Crippen LogP contribution in [0.5, 0.6) is 0 Å². The van der Waals surface area contributed by atoms with Gasteiger partial charge < -0.3 is 5.11 Å². The van der Waals surface area contributed by atoms with Gasteiger partial charge in [0.25, 0.3) is 0 Å². The molecule has 0 bridgehead atoms. The molecule has 14 heavy (non-hydrogen) atoms. The van der Waals surface area contributed by atoms with Crippen molar-refractivity contribution in [1.82, 2.24) is 0 Å². The first kappa shape index (κ1) is 11.5. The van der Waals surface area contributed by atoms with Gasteiger partial charge in [0, 0.05) is 4.47 Å². The molecule has 0 amide bonds. The zero-order chi connectivity index (χ0) is 10.6. The summed E-state index contributed by atoms with van der Waals surface area (Å²) in [7, 11) is 0. The molecule has 0 aromatic heterocycles. The molecular weight excluding hydrogens is 240 g/mol. The highest BCUT2D eigenvalue weighted by Crippen LogP contribution is 2.27. The van der Waals surface area contributed by atoms with E-state index in [1.165, 1.54) is 0 Å². The van der Waals surface area contributed by atoms with Gasteiger partial charge in [-0.25, -0.2) is 0 Å². The lowest BCUT2D eigenvalue weighted by molar-refractivity contribution is 0.177. The molecule has 0 saturated carbocycles. The highest BCUT2D eigenvalue weighted by Gasteiger charge is 2.10. The SMILES string of the molecule is C=C(CC)CC(O)c1ccccc1Br. The lowest BCUT2D eigenvalue weighted by Crippen LogP contribution is -1.99.